The highest BCUT2D eigenvalue weighted by atomic mass is 16.2. The summed E-state index contributed by atoms with van der Waals surface area (Å²) in [6.07, 6.45) is 2.07. The van der Waals surface area contributed by atoms with Gasteiger partial charge in [-0.15, -0.1) is 0 Å². The smallest absolute Gasteiger partial charge is 0.241 e. The average Bonchev–Trinajstić information content (AvgIpc) is 2.66. The van der Waals surface area contributed by atoms with Gasteiger partial charge in [0, 0.05) is 38.1 Å². The zero-order chi connectivity index (χ0) is 19.7. The number of quaternary nitrogens is 1. The van der Waals surface area contributed by atoms with Crippen molar-refractivity contribution in [1.82, 2.24) is 4.90 Å². The van der Waals surface area contributed by atoms with Crippen LogP contribution in [0.4, 0.5) is 11.4 Å². The van der Waals surface area contributed by atoms with E-state index in [1.807, 2.05) is 30.9 Å². The zero-order valence-electron chi connectivity index (χ0n) is 17.2. The molecule has 3 N–H and O–H groups in total. The Morgan fingerprint density at radius 3 is 2.38 bits per heavy atom. The van der Waals surface area contributed by atoms with Crippen LogP contribution in [0.25, 0.3) is 0 Å². The molecular formula is C20H37N4O2+. The van der Waals surface area contributed by atoms with E-state index < -0.39 is 0 Å². The van der Waals surface area contributed by atoms with Crippen LogP contribution in [0.15, 0.2) is 18.2 Å². The lowest BCUT2D eigenvalue weighted by atomic mass is 10.0. The van der Waals surface area contributed by atoms with Crippen LogP contribution in [0.2, 0.25) is 0 Å². The number of carbonyl (C=O) groups is 1. The minimum absolute atomic E-state index is 0.207. The van der Waals surface area contributed by atoms with Crippen LogP contribution in [-0.2, 0) is 11.2 Å². The number of nitrogen functional groups attached to an aromatic ring is 1. The van der Waals surface area contributed by atoms with Crippen LogP contribution in [0.5, 0.6) is 0 Å². The van der Waals surface area contributed by atoms with Crippen molar-refractivity contribution >= 4 is 17.3 Å². The van der Waals surface area contributed by atoms with E-state index in [4.69, 9.17) is 10.8 Å². The summed E-state index contributed by atoms with van der Waals surface area (Å²) in [6, 6.07) is 5.94. The number of nitrogens with two attached hydrogens (primary N) is 1. The summed E-state index contributed by atoms with van der Waals surface area (Å²) in [7, 11) is 5.51. The van der Waals surface area contributed by atoms with E-state index in [9.17, 15) is 4.79 Å². The van der Waals surface area contributed by atoms with E-state index in [1.54, 1.807) is 0 Å². The number of carbonyl (C=O) groups excluding carboxylic acids is 1. The predicted molar refractivity (Wildman–Crippen MR) is 109 cm³/mol. The summed E-state index contributed by atoms with van der Waals surface area (Å²) >= 11 is 0. The number of anilines is 2. The molecule has 0 saturated carbocycles. The van der Waals surface area contributed by atoms with Crippen molar-refractivity contribution in [2.75, 3.05) is 71.1 Å². The van der Waals surface area contributed by atoms with Gasteiger partial charge in [-0.2, -0.15) is 0 Å². The van der Waals surface area contributed by atoms with Crippen LogP contribution < -0.4 is 10.6 Å². The Morgan fingerprint density at radius 1 is 1.15 bits per heavy atom. The van der Waals surface area contributed by atoms with Crippen molar-refractivity contribution in [2.45, 2.75) is 26.7 Å². The topological polar surface area (TPSA) is 69.8 Å². The van der Waals surface area contributed by atoms with Crippen molar-refractivity contribution < 1.29 is 14.4 Å². The Morgan fingerprint density at radius 2 is 1.77 bits per heavy atom. The minimum Gasteiger partial charge on any atom is -0.400 e. The second-order valence-electron chi connectivity index (χ2n) is 7.20. The first-order valence-corrected chi connectivity index (χ1v) is 9.62. The number of nitrogens with zero attached hydrogens (tertiary/aromatic N) is 3. The molecule has 1 fully saturated rings. The fraction of sp³-hybridized carbons (Fsp3) is 0.650. The first-order valence-electron chi connectivity index (χ1n) is 9.62. The Kier molecular flexibility index (Phi) is 9.05. The van der Waals surface area contributed by atoms with E-state index in [1.165, 1.54) is 5.56 Å². The molecule has 3 rings (SSSR count). The maximum absolute atomic E-state index is 12.7. The Bertz CT molecular complexity index is 565. The Hall–Kier alpha value is -1.63. The van der Waals surface area contributed by atoms with Gasteiger partial charge >= 0.3 is 0 Å². The van der Waals surface area contributed by atoms with Gasteiger partial charge in [0.25, 0.3) is 0 Å². The van der Waals surface area contributed by atoms with Crippen LogP contribution in [0, 0.1) is 0 Å². The lowest BCUT2D eigenvalue weighted by Gasteiger charge is -2.39. The molecular weight excluding hydrogens is 328 g/mol. The minimum atomic E-state index is 0.207. The van der Waals surface area contributed by atoms with Gasteiger partial charge in [0.2, 0.25) is 5.91 Å². The number of aliphatic hydroxyl groups is 1. The molecule has 2 heterocycles. The molecule has 0 aliphatic carbocycles. The molecule has 6 heteroatoms. The number of piperazine rings is 1. The summed E-state index contributed by atoms with van der Waals surface area (Å²) in [5, 5.41) is 7.00. The van der Waals surface area contributed by atoms with Crippen LogP contribution in [0.3, 0.4) is 0 Å². The van der Waals surface area contributed by atoms with Gasteiger partial charge in [0.15, 0.2) is 0 Å². The standard InChI is InChI=1S/C17H27N4O.C2H6.CH4O/c1-21(2)10-8-19(9-11-21)13-17(22)20-7-3-4-14-5-6-15(18)12-16(14)20;2*1-2/h5-6,12H,3-4,7-11,13,18H2,1-2H3;1-2H3;2H,1H3/q+1;;. The number of fused-ring (bicyclic) bond motifs is 1. The molecule has 148 valence electrons. The monoisotopic (exact) mass is 365 g/mol. The summed E-state index contributed by atoms with van der Waals surface area (Å²) < 4.78 is 1.05. The van der Waals surface area contributed by atoms with Gasteiger partial charge in [-0.1, -0.05) is 19.9 Å². The normalized spacial score (nSPS) is 18.6. The molecule has 0 bridgehead atoms. The third-order valence-corrected chi connectivity index (χ3v) is 4.93. The second-order valence-corrected chi connectivity index (χ2v) is 7.20. The number of rotatable bonds is 2. The Labute approximate surface area is 158 Å². The number of benzene rings is 1. The van der Waals surface area contributed by atoms with E-state index in [0.29, 0.717) is 6.54 Å². The lowest BCUT2D eigenvalue weighted by molar-refractivity contribution is -0.894. The maximum atomic E-state index is 12.7. The van der Waals surface area contributed by atoms with E-state index in [2.05, 4.69) is 25.1 Å². The van der Waals surface area contributed by atoms with Crippen LogP contribution in [0.1, 0.15) is 25.8 Å². The summed E-state index contributed by atoms with van der Waals surface area (Å²) in [6.45, 7) is 9.54. The summed E-state index contributed by atoms with van der Waals surface area (Å²) in [5.41, 5.74) is 8.90. The summed E-state index contributed by atoms with van der Waals surface area (Å²) in [5.74, 6) is 0.207. The van der Waals surface area contributed by atoms with Crippen LogP contribution in [-0.4, -0.2) is 80.9 Å². The van der Waals surface area contributed by atoms with Crippen LogP contribution >= 0.6 is 0 Å². The molecule has 1 aromatic rings. The number of amides is 1. The summed E-state index contributed by atoms with van der Waals surface area (Å²) in [4.78, 5) is 17.0. The Balaban J connectivity index is 0.000000791. The fourth-order valence-corrected chi connectivity index (χ4v) is 3.33. The third-order valence-electron chi connectivity index (χ3n) is 4.93. The molecule has 2 aliphatic rings. The molecule has 0 aromatic heterocycles. The molecule has 0 spiro atoms. The van der Waals surface area contributed by atoms with Gasteiger partial charge in [-0.05, 0) is 30.5 Å². The highest BCUT2D eigenvalue weighted by Gasteiger charge is 2.28. The number of aryl methyl sites for hydroxylation is 1. The predicted octanol–water partition coefficient (Wildman–Crippen LogP) is 1.57. The van der Waals surface area contributed by atoms with Crippen molar-refractivity contribution in [3.63, 3.8) is 0 Å². The SMILES string of the molecule is CC.CO.C[N+]1(C)CCN(CC(=O)N2CCCc3ccc(N)cc32)CC1. The third kappa shape index (κ3) is 5.97. The van der Waals surface area contributed by atoms with Gasteiger partial charge in [0.1, 0.15) is 0 Å². The van der Waals surface area contributed by atoms with Gasteiger partial charge in [0.05, 0.1) is 33.7 Å². The first kappa shape index (κ1) is 22.4. The lowest BCUT2D eigenvalue weighted by Crippen LogP contribution is -2.56. The molecule has 2 aliphatic heterocycles. The molecule has 0 radical (unpaired) electrons. The zero-order valence-corrected chi connectivity index (χ0v) is 17.2. The molecule has 6 nitrogen and oxygen atoms in total. The molecule has 26 heavy (non-hydrogen) atoms. The number of hydrogen-bond donors (Lipinski definition) is 2. The van der Waals surface area contributed by atoms with Gasteiger partial charge in [-0.25, -0.2) is 0 Å². The van der Waals surface area contributed by atoms with E-state index >= 15 is 0 Å². The number of aliphatic hydroxyl groups excluding tert-OH is 1. The van der Waals surface area contributed by atoms with Crippen molar-refractivity contribution in [2.24, 2.45) is 0 Å². The molecule has 1 aromatic carbocycles. The van der Waals surface area contributed by atoms with Gasteiger partial charge < -0.3 is 20.2 Å². The fourth-order valence-electron chi connectivity index (χ4n) is 3.33. The molecule has 0 atom stereocenters. The van der Waals surface area contributed by atoms with E-state index in [0.717, 1.165) is 68.5 Å². The molecule has 1 amide bonds. The van der Waals surface area contributed by atoms with E-state index in [-0.39, 0.29) is 5.91 Å². The first-order chi connectivity index (χ1) is 12.4. The van der Waals surface area contributed by atoms with Crippen molar-refractivity contribution in [1.29, 1.82) is 0 Å². The molecule has 0 unspecified atom stereocenters. The number of hydrogen-bond acceptors (Lipinski definition) is 4. The second kappa shape index (κ2) is 10.5. The van der Waals surface area contributed by atoms with Gasteiger partial charge in [-0.3, -0.25) is 9.69 Å². The maximum Gasteiger partial charge on any atom is 0.241 e. The quantitative estimate of drug-likeness (QED) is 0.617. The van der Waals surface area contributed by atoms with Crippen molar-refractivity contribution in [3.05, 3.63) is 23.8 Å². The van der Waals surface area contributed by atoms with Crippen molar-refractivity contribution in [3.8, 4) is 0 Å². The number of likely N-dealkylation sites (N-methyl/N-ethyl adjacent to an activating group) is 1. The molecule has 1 saturated heterocycles. The highest BCUT2D eigenvalue weighted by molar-refractivity contribution is 5.96. The highest BCUT2D eigenvalue weighted by Crippen LogP contribution is 2.29. The largest absolute Gasteiger partial charge is 0.400 e. The average molecular weight is 366 g/mol.